The Morgan fingerprint density at radius 2 is 1.93 bits per heavy atom. The highest BCUT2D eigenvalue weighted by Crippen LogP contribution is 2.39. The first-order chi connectivity index (χ1) is 13.1. The summed E-state index contributed by atoms with van der Waals surface area (Å²) in [6.45, 7) is 3.87. The number of hydrogen-bond acceptors (Lipinski definition) is 6. The molecule has 27 heavy (non-hydrogen) atoms. The summed E-state index contributed by atoms with van der Waals surface area (Å²) in [5.74, 6) is -0.252. The summed E-state index contributed by atoms with van der Waals surface area (Å²) in [5, 5.41) is 3.18. The molecule has 138 valence electrons. The van der Waals surface area contributed by atoms with Gasteiger partial charge in [0.1, 0.15) is 10.6 Å². The van der Waals surface area contributed by atoms with Gasteiger partial charge >= 0.3 is 5.97 Å². The number of anilines is 1. The molecule has 2 aromatic heterocycles. The zero-order chi connectivity index (χ0) is 19.2. The molecule has 1 aromatic carbocycles. The summed E-state index contributed by atoms with van der Waals surface area (Å²) in [4.78, 5) is 29.1. The van der Waals surface area contributed by atoms with Gasteiger partial charge in [0.15, 0.2) is 0 Å². The van der Waals surface area contributed by atoms with Gasteiger partial charge in [-0.2, -0.15) is 0 Å². The van der Waals surface area contributed by atoms with E-state index in [1.54, 1.807) is 49.5 Å². The molecular formula is C20H18N2O4S. The van der Waals surface area contributed by atoms with Crippen LogP contribution in [0.5, 0.6) is 10.8 Å². The average Bonchev–Trinajstić information content (AvgIpc) is 3.07. The highest BCUT2D eigenvalue weighted by Gasteiger charge is 2.19. The second kappa shape index (κ2) is 8.46. The van der Waals surface area contributed by atoms with E-state index in [0.29, 0.717) is 26.9 Å². The standard InChI is InChI=1S/C20H18N2O4S/c1-3-25-19(24)17-11-16(22-18(23)14-7-5-4-6-8-14)20(27-17)26-15-10-9-13(2)21-12-15/h4-12H,3H2,1-2H3,(H,22,23). The second-order valence-corrected chi connectivity index (χ2v) is 6.60. The lowest BCUT2D eigenvalue weighted by Crippen LogP contribution is -2.11. The molecule has 1 N–H and O–H groups in total. The number of nitrogens with zero attached hydrogens (tertiary/aromatic N) is 1. The molecule has 1 amide bonds. The molecule has 0 fully saturated rings. The molecule has 0 aliphatic rings. The van der Waals surface area contributed by atoms with Gasteiger partial charge < -0.3 is 14.8 Å². The minimum absolute atomic E-state index is 0.264. The maximum absolute atomic E-state index is 12.5. The number of rotatable bonds is 6. The van der Waals surface area contributed by atoms with Gasteiger partial charge in [-0.3, -0.25) is 9.78 Å². The third-order valence-corrected chi connectivity index (χ3v) is 4.55. The lowest BCUT2D eigenvalue weighted by Gasteiger charge is -2.08. The fraction of sp³-hybridized carbons (Fsp3) is 0.150. The zero-order valence-electron chi connectivity index (χ0n) is 14.9. The number of amides is 1. The Kier molecular flexibility index (Phi) is 5.83. The van der Waals surface area contributed by atoms with Crippen LogP contribution >= 0.6 is 11.3 Å². The van der Waals surface area contributed by atoms with Gasteiger partial charge in [-0.1, -0.05) is 29.5 Å². The first-order valence-corrected chi connectivity index (χ1v) is 9.16. The predicted octanol–water partition coefficient (Wildman–Crippen LogP) is 4.67. The Morgan fingerprint density at radius 3 is 2.59 bits per heavy atom. The molecule has 0 aliphatic heterocycles. The molecule has 0 bridgehead atoms. The van der Waals surface area contributed by atoms with Crippen molar-refractivity contribution in [1.29, 1.82) is 0 Å². The van der Waals surface area contributed by atoms with Crippen molar-refractivity contribution in [2.45, 2.75) is 13.8 Å². The van der Waals surface area contributed by atoms with Crippen LogP contribution in [-0.2, 0) is 4.74 Å². The molecule has 3 rings (SSSR count). The highest BCUT2D eigenvalue weighted by atomic mass is 32.1. The number of benzene rings is 1. The van der Waals surface area contributed by atoms with Crippen molar-refractivity contribution in [3.8, 4) is 10.8 Å². The first-order valence-electron chi connectivity index (χ1n) is 8.34. The van der Waals surface area contributed by atoms with Crippen LogP contribution in [0.1, 0.15) is 32.6 Å². The van der Waals surface area contributed by atoms with Crippen LogP contribution in [0.15, 0.2) is 54.7 Å². The van der Waals surface area contributed by atoms with Gasteiger partial charge in [-0.05, 0) is 44.2 Å². The topological polar surface area (TPSA) is 77.5 Å². The number of carbonyl (C=O) groups excluding carboxylic acids is 2. The fourth-order valence-corrected chi connectivity index (χ4v) is 3.12. The van der Waals surface area contributed by atoms with Gasteiger partial charge in [0.05, 0.1) is 18.5 Å². The quantitative estimate of drug-likeness (QED) is 0.627. The smallest absolute Gasteiger partial charge is 0.348 e. The first kappa shape index (κ1) is 18.6. The van der Waals surface area contributed by atoms with Gasteiger partial charge in [0.25, 0.3) is 5.91 Å². The number of thiophene rings is 1. The Bertz CT molecular complexity index is 936. The Labute approximate surface area is 160 Å². The molecular weight excluding hydrogens is 364 g/mol. The van der Waals surface area contributed by atoms with E-state index in [0.717, 1.165) is 17.0 Å². The maximum atomic E-state index is 12.5. The predicted molar refractivity (Wildman–Crippen MR) is 104 cm³/mol. The molecule has 0 atom stereocenters. The van der Waals surface area contributed by atoms with Crippen LogP contribution < -0.4 is 10.1 Å². The number of hydrogen-bond donors (Lipinski definition) is 1. The maximum Gasteiger partial charge on any atom is 0.348 e. The van der Waals surface area contributed by atoms with Crippen molar-refractivity contribution in [2.24, 2.45) is 0 Å². The average molecular weight is 382 g/mol. The van der Waals surface area contributed by atoms with E-state index in [1.807, 2.05) is 19.1 Å². The zero-order valence-corrected chi connectivity index (χ0v) is 15.7. The summed E-state index contributed by atoms with van der Waals surface area (Å²) in [6.07, 6.45) is 1.59. The van der Waals surface area contributed by atoms with Crippen molar-refractivity contribution in [2.75, 3.05) is 11.9 Å². The Hall–Kier alpha value is -3.19. The van der Waals surface area contributed by atoms with Gasteiger partial charge in [-0.15, -0.1) is 0 Å². The van der Waals surface area contributed by atoms with Crippen LogP contribution in [0.4, 0.5) is 5.69 Å². The number of aryl methyl sites for hydroxylation is 1. The van der Waals surface area contributed by atoms with E-state index >= 15 is 0 Å². The second-order valence-electron chi connectivity index (χ2n) is 5.59. The van der Waals surface area contributed by atoms with E-state index in [1.165, 1.54) is 0 Å². The summed E-state index contributed by atoms with van der Waals surface area (Å²) >= 11 is 1.10. The molecule has 0 spiro atoms. The number of nitrogens with one attached hydrogen (secondary N) is 1. The normalized spacial score (nSPS) is 10.3. The van der Waals surface area contributed by atoms with Gasteiger partial charge in [-0.25, -0.2) is 4.79 Å². The van der Waals surface area contributed by atoms with Crippen molar-refractivity contribution >= 4 is 28.9 Å². The fourth-order valence-electron chi connectivity index (χ4n) is 2.25. The molecule has 0 unspecified atom stereocenters. The summed E-state index contributed by atoms with van der Waals surface area (Å²) in [6, 6.07) is 14.0. The lowest BCUT2D eigenvalue weighted by atomic mass is 10.2. The Balaban J connectivity index is 1.88. The SMILES string of the molecule is CCOC(=O)c1cc(NC(=O)c2ccccc2)c(Oc2ccc(C)nc2)s1. The number of ether oxygens (including phenoxy) is 2. The molecule has 7 heteroatoms. The van der Waals surface area contributed by atoms with E-state index in [4.69, 9.17) is 9.47 Å². The molecule has 0 aliphatic carbocycles. The monoisotopic (exact) mass is 382 g/mol. The van der Waals surface area contributed by atoms with Crippen molar-refractivity contribution in [3.63, 3.8) is 0 Å². The number of esters is 1. The van der Waals surface area contributed by atoms with E-state index < -0.39 is 5.97 Å². The van der Waals surface area contributed by atoms with Crippen LogP contribution in [0, 0.1) is 6.92 Å². The van der Waals surface area contributed by atoms with Crippen molar-refractivity contribution in [3.05, 3.63) is 70.9 Å². The van der Waals surface area contributed by atoms with Crippen LogP contribution in [-0.4, -0.2) is 23.5 Å². The van der Waals surface area contributed by atoms with Gasteiger partial charge in [0.2, 0.25) is 5.06 Å². The summed E-state index contributed by atoms with van der Waals surface area (Å²) in [5.41, 5.74) is 1.76. The molecule has 0 saturated carbocycles. The largest absolute Gasteiger partial charge is 0.462 e. The van der Waals surface area contributed by atoms with Crippen LogP contribution in [0.2, 0.25) is 0 Å². The van der Waals surface area contributed by atoms with Crippen molar-refractivity contribution < 1.29 is 19.1 Å². The van der Waals surface area contributed by atoms with E-state index in [9.17, 15) is 9.59 Å². The molecule has 6 nitrogen and oxygen atoms in total. The molecule has 0 saturated heterocycles. The minimum Gasteiger partial charge on any atom is -0.462 e. The van der Waals surface area contributed by atoms with E-state index in [2.05, 4.69) is 10.3 Å². The third-order valence-electron chi connectivity index (χ3n) is 3.55. The molecule has 2 heterocycles. The lowest BCUT2D eigenvalue weighted by molar-refractivity contribution is 0.0532. The van der Waals surface area contributed by atoms with Crippen molar-refractivity contribution in [1.82, 2.24) is 4.98 Å². The number of pyridine rings is 1. The van der Waals surface area contributed by atoms with Gasteiger partial charge in [0, 0.05) is 11.3 Å². The summed E-state index contributed by atoms with van der Waals surface area (Å²) in [7, 11) is 0. The highest BCUT2D eigenvalue weighted by molar-refractivity contribution is 7.16. The number of aromatic nitrogens is 1. The summed E-state index contributed by atoms with van der Waals surface area (Å²) < 4.78 is 10.9. The minimum atomic E-state index is -0.463. The Morgan fingerprint density at radius 1 is 1.15 bits per heavy atom. The van der Waals surface area contributed by atoms with Crippen LogP contribution in [0.3, 0.4) is 0 Å². The third kappa shape index (κ3) is 4.71. The van der Waals surface area contributed by atoms with Crippen LogP contribution in [0.25, 0.3) is 0 Å². The molecule has 0 radical (unpaired) electrons. The molecule has 3 aromatic rings. The number of carbonyl (C=O) groups is 2. The van der Waals surface area contributed by atoms with E-state index in [-0.39, 0.29) is 12.5 Å².